The summed E-state index contributed by atoms with van der Waals surface area (Å²) in [6.45, 7) is 3.99. The van der Waals surface area contributed by atoms with E-state index in [1.54, 1.807) is 0 Å². The van der Waals surface area contributed by atoms with Crippen molar-refractivity contribution in [3.63, 3.8) is 0 Å². The maximum Gasteiger partial charge on any atom is 0.326 e. The van der Waals surface area contributed by atoms with E-state index in [0.29, 0.717) is 10.8 Å². The van der Waals surface area contributed by atoms with Crippen LogP contribution in [-0.4, -0.2) is 41.1 Å². The molecule has 1 fully saturated rings. The third kappa shape index (κ3) is 2.71. The van der Waals surface area contributed by atoms with Crippen LogP contribution in [0.5, 0.6) is 0 Å². The van der Waals surface area contributed by atoms with Crippen LogP contribution in [-0.2, 0) is 4.79 Å². The number of nitrogens with two attached hydrogens (primary N) is 1. The first kappa shape index (κ1) is 13.5. The molecular formula is C12H19N3O2S. The van der Waals surface area contributed by atoms with Gasteiger partial charge in [-0.05, 0) is 39.9 Å². The molecule has 0 saturated carbocycles. The number of aryl methyl sites for hydroxylation is 1. The van der Waals surface area contributed by atoms with E-state index < -0.39 is 12.0 Å². The topological polar surface area (TPSA) is 79.5 Å². The number of nitrogens with zero attached hydrogens (tertiary/aromatic N) is 2. The Balaban J connectivity index is 2.16. The molecule has 1 aliphatic rings. The molecule has 2 heterocycles. The molecule has 100 valence electrons. The maximum absolute atomic E-state index is 10.9. The molecular weight excluding hydrogens is 250 g/mol. The molecule has 0 radical (unpaired) electrons. The van der Waals surface area contributed by atoms with E-state index in [9.17, 15) is 4.79 Å². The summed E-state index contributed by atoms with van der Waals surface area (Å²) in [5.41, 5.74) is 6.43. The molecule has 0 aromatic carbocycles. The predicted octanol–water partition coefficient (Wildman–Crippen LogP) is 1.35. The normalized spacial score (nSPS) is 19.9. The fourth-order valence-electron chi connectivity index (χ4n) is 2.26. The summed E-state index contributed by atoms with van der Waals surface area (Å²) in [5.74, 6) is -0.531. The number of carboxylic acid groups (broad SMARTS) is 1. The summed E-state index contributed by atoms with van der Waals surface area (Å²) in [4.78, 5) is 18.4. The van der Waals surface area contributed by atoms with Crippen molar-refractivity contribution >= 4 is 17.3 Å². The minimum atomic E-state index is -0.989. The summed E-state index contributed by atoms with van der Waals surface area (Å²) in [6.07, 6.45) is 2.18. The molecule has 1 saturated heterocycles. The summed E-state index contributed by atoms with van der Waals surface area (Å²) < 4.78 is 0. The number of aliphatic carboxylic acids is 1. The molecule has 1 unspecified atom stereocenters. The molecule has 1 aromatic rings. The monoisotopic (exact) mass is 269 g/mol. The molecule has 2 rings (SSSR count). The van der Waals surface area contributed by atoms with Crippen molar-refractivity contribution in [1.82, 2.24) is 9.88 Å². The molecule has 0 amide bonds. The second kappa shape index (κ2) is 5.34. The van der Waals surface area contributed by atoms with Gasteiger partial charge in [-0.15, -0.1) is 11.3 Å². The Morgan fingerprint density at radius 2 is 2.17 bits per heavy atom. The molecule has 6 heteroatoms. The quantitative estimate of drug-likeness (QED) is 0.865. The van der Waals surface area contributed by atoms with Crippen molar-refractivity contribution in [2.75, 3.05) is 20.1 Å². The number of piperidine rings is 1. The summed E-state index contributed by atoms with van der Waals surface area (Å²) in [6, 6.07) is -0.942. The van der Waals surface area contributed by atoms with Gasteiger partial charge in [-0.3, -0.25) is 4.79 Å². The van der Waals surface area contributed by atoms with Crippen LogP contribution in [0, 0.1) is 6.92 Å². The molecule has 0 bridgehead atoms. The molecule has 0 aliphatic carbocycles. The lowest BCUT2D eigenvalue weighted by Gasteiger charge is -2.27. The van der Waals surface area contributed by atoms with Gasteiger partial charge in [0.2, 0.25) is 0 Å². The lowest BCUT2D eigenvalue weighted by Crippen LogP contribution is -2.29. The third-order valence-corrected chi connectivity index (χ3v) is 4.87. The van der Waals surface area contributed by atoms with Crippen LogP contribution in [0.15, 0.2) is 0 Å². The van der Waals surface area contributed by atoms with Crippen molar-refractivity contribution in [2.24, 2.45) is 5.73 Å². The lowest BCUT2D eigenvalue weighted by molar-refractivity contribution is -0.138. The zero-order valence-electron chi connectivity index (χ0n) is 10.7. The largest absolute Gasteiger partial charge is 0.480 e. The number of thiazole rings is 1. The van der Waals surface area contributed by atoms with Gasteiger partial charge >= 0.3 is 5.97 Å². The molecule has 5 nitrogen and oxygen atoms in total. The first-order chi connectivity index (χ1) is 8.49. The van der Waals surface area contributed by atoms with Crippen LogP contribution in [0.1, 0.15) is 40.4 Å². The summed E-state index contributed by atoms with van der Waals surface area (Å²) in [5, 5.41) is 10.0. The highest BCUT2D eigenvalue weighted by atomic mass is 32.1. The highest BCUT2D eigenvalue weighted by Crippen LogP contribution is 2.34. The summed E-state index contributed by atoms with van der Waals surface area (Å²) >= 11 is 1.47. The van der Waals surface area contributed by atoms with Crippen LogP contribution >= 0.6 is 11.3 Å². The number of aromatic nitrogens is 1. The number of hydrogen-bond acceptors (Lipinski definition) is 5. The zero-order valence-corrected chi connectivity index (χ0v) is 11.5. The average Bonchev–Trinajstić information content (AvgIpc) is 2.71. The van der Waals surface area contributed by atoms with Gasteiger partial charge in [-0.2, -0.15) is 0 Å². The highest BCUT2D eigenvalue weighted by Gasteiger charge is 2.25. The number of likely N-dealkylation sites (tertiary alicyclic amines) is 1. The SMILES string of the molecule is Cc1nc(C2CCN(C)CC2)sc1C(N)C(=O)O. The third-order valence-electron chi connectivity index (χ3n) is 3.47. The molecule has 3 N–H and O–H groups in total. The minimum Gasteiger partial charge on any atom is -0.480 e. The maximum atomic E-state index is 10.9. The van der Waals surface area contributed by atoms with Gasteiger partial charge in [-0.1, -0.05) is 0 Å². The van der Waals surface area contributed by atoms with Crippen LogP contribution < -0.4 is 5.73 Å². The van der Waals surface area contributed by atoms with Gasteiger partial charge in [0.15, 0.2) is 0 Å². The van der Waals surface area contributed by atoms with Gasteiger partial charge in [0.05, 0.1) is 15.6 Å². The van der Waals surface area contributed by atoms with Gasteiger partial charge in [0.1, 0.15) is 6.04 Å². The van der Waals surface area contributed by atoms with Crippen molar-refractivity contribution in [1.29, 1.82) is 0 Å². The molecule has 1 aliphatic heterocycles. The molecule has 1 atom stereocenters. The van der Waals surface area contributed by atoms with Crippen LogP contribution in [0.2, 0.25) is 0 Å². The Bertz CT molecular complexity index is 439. The number of rotatable bonds is 3. The Kier molecular flexibility index (Phi) is 3.99. The van der Waals surface area contributed by atoms with E-state index in [4.69, 9.17) is 10.8 Å². The first-order valence-corrected chi connectivity index (χ1v) is 6.95. The average molecular weight is 269 g/mol. The van der Waals surface area contributed by atoms with E-state index >= 15 is 0 Å². The van der Waals surface area contributed by atoms with E-state index in [0.717, 1.165) is 36.6 Å². The number of carbonyl (C=O) groups is 1. The van der Waals surface area contributed by atoms with Gasteiger partial charge in [0.25, 0.3) is 0 Å². The standard InChI is InChI=1S/C12H19N3O2S/c1-7-10(9(13)12(16)17)18-11(14-7)8-3-5-15(2)6-4-8/h8-9H,3-6,13H2,1-2H3,(H,16,17). The van der Waals surface area contributed by atoms with Crippen molar-refractivity contribution in [3.05, 3.63) is 15.6 Å². The minimum absolute atomic E-state index is 0.458. The van der Waals surface area contributed by atoms with Crippen LogP contribution in [0.3, 0.4) is 0 Å². The second-order valence-electron chi connectivity index (χ2n) is 4.90. The lowest BCUT2D eigenvalue weighted by atomic mass is 9.98. The fourth-order valence-corrected chi connectivity index (χ4v) is 3.49. The van der Waals surface area contributed by atoms with E-state index in [2.05, 4.69) is 16.9 Å². The van der Waals surface area contributed by atoms with Gasteiger partial charge in [0, 0.05) is 5.92 Å². The van der Waals surface area contributed by atoms with E-state index in [1.807, 2.05) is 6.92 Å². The second-order valence-corrected chi connectivity index (χ2v) is 5.96. The van der Waals surface area contributed by atoms with E-state index in [-0.39, 0.29) is 0 Å². The van der Waals surface area contributed by atoms with Crippen molar-refractivity contribution < 1.29 is 9.90 Å². The van der Waals surface area contributed by atoms with Crippen molar-refractivity contribution in [3.8, 4) is 0 Å². The Hall–Kier alpha value is -0.980. The van der Waals surface area contributed by atoms with Gasteiger partial charge < -0.3 is 15.7 Å². The van der Waals surface area contributed by atoms with E-state index in [1.165, 1.54) is 11.3 Å². The molecule has 0 spiro atoms. The summed E-state index contributed by atoms with van der Waals surface area (Å²) in [7, 11) is 2.12. The van der Waals surface area contributed by atoms with Crippen molar-refractivity contribution in [2.45, 2.75) is 31.7 Å². The smallest absolute Gasteiger partial charge is 0.326 e. The van der Waals surface area contributed by atoms with Gasteiger partial charge in [-0.25, -0.2) is 4.98 Å². The highest BCUT2D eigenvalue weighted by molar-refractivity contribution is 7.12. The molecule has 1 aromatic heterocycles. The Morgan fingerprint density at radius 3 is 2.72 bits per heavy atom. The Labute approximate surface area is 111 Å². The number of carboxylic acids is 1. The van der Waals surface area contributed by atoms with Crippen LogP contribution in [0.25, 0.3) is 0 Å². The predicted molar refractivity (Wildman–Crippen MR) is 70.9 cm³/mol. The first-order valence-electron chi connectivity index (χ1n) is 6.13. The van der Waals surface area contributed by atoms with Crippen LogP contribution in [0.4, 0.5) is 0 Å². The fraction of sp³-hybridized carbons (Fsp3) is 0.667. The zero-order chi connectivity index (χ0) is 13.3. The molecule has 18 heavy (non-hydrogen) atoms. The number of hydrogen-bond donors (Lipinski definition) is 2. The Morgan fingerprint density at radius 1 is 1.56 bits per heavy atom.